The summed E-state index contributed by atoms with van der Waals surface area (Å²) in [6, 6.07) is 7.24. The predicted molar refractivity (Wildman–Crippen MR) is 85.6 cm³/mol. The maximum absolute atomic E-state index is 13.2. The number of amides is 1. The molecule has 6 nitrogen and oxygen atoms in total. The normalized spacial score (nSPS) is 20.4. The molecule has 24 heavy (non-hydrogen) atoms. The molecule has 8 heteroatoms. The van der Waals surface area contributed by atoms with Crippen LogP contribution in [0, 0.1) is 11.7 Å². The Kier molecular flexibility index (Phi) is 4.40. The van der Waals surface area contributed by atoms with Crippen LogP contribution in [-0.2, 0) is 9.84 Å². The maximum Gasteiger partial charge on any atom is 0.290 e. The lowest BCUT2D eigenvalue weighted by Gasteiger charge is -2.35. The molecule has 0 atom stereocenters. The van der Waals surface area contributed by atoms with Crippen molar-refractivity contribution in [1.82, 2.24) is 10.5 Å². The molecule has 1 heterocycles. The molecular weight excluding hydrogens is 335 g/mol. The topological polar surface area (TPSA) is 89.3 Å². The molecule has 1 N–H and O–H groups in total. The number of benzene rings is 1. The Hall–Kier alpha value is -2.22. The lowest BCUT2D eigenvalue weighted by atomic mass is 9.81. The van der Waals surface area contributed by atoms with Gasteiger partial charge in [0.2, 0.25) is 5.76 Å². The zero-order chi connectivity index (χ0) is 17.3. The quantitative estimate of drug-likeness (QED) is 0.889. The van der Waals surface area contributed by atoms with Crippen LogP contribution >= 0.6 is 0 Å². The highest BCUT2D eigenvalue weighted by atomic mass is 32.2. The van der Waals surface area contributed by atoms with Crippen molar-refractivity contribution in [2.45, 2.75) is 18.9 Å². The van der Waals surface area contributed by atoms with Gasteiger partial charge in [-0.3, -0.25) is 4.79 Å². The summed E-state index contributed by atoms with van der Waals surface area (Å²) in [6.45, 7) is 0. The van der Waals surface area contributed by atoms with Gasteiger partial charge in [-0.05, 0) is 30.9 Å². The minimum absolute atomic E-state index is 0.0424. The Morgan fingerprint density at radius 1 is 1.38 bits per heavy atom. The molecule has 1 aromatic carbocycles. The van der Waals surface area contributed by atoms with Crippen LogP contribution in [-0.4, -0.2) is 37.5 Å². The van der Waals surface area contributed by atoms with Crippen molar-refractivity contribution < 1.29 is 22.1 Å². The van der Waals surface area contributed by atoms with Crippen LogP contribution in [0.4, 0.5) is 4.39 Å². The van der Waals surface area contributed by atoms with Crippen LogP contribution in [0.2, 0.25) is 0 Å². The van der Waals surface area contributed by atoms with Gasteiger partial charge in [-0.25, -0.2) is 12.8 Å². The van der Waals surface area contributed by atoms with Crippen molar-refractivity contribution in [1.29, 1.82) is 0 Å². The highest BCUT2D eigenvalue weighted by Gasteiger charge is 2.33. The first-order valence-electron chi connectivity index (χ1n) is 7.51. The van der Waals surface area contributed by atoms with Crippen molar-refractivity contribution in [3.63, 3.8) is 0 Å². The zero-order valence-electron chi connectivity index (χ0n) is 13.0. The van der Waals surface area contributed by atoms with Crippen molar-refractivity contribution in [3.05, 3.63) is 41.9 Å². The van der Waals surface area contributed by atoms with Gasteiger partial charge in [0.1, 0.15) is 21.3 Å². The number of aromatic nitrogens is 1. The molecule has 3 rings (SSSR count). The van der Waals surface area contributed by atoms with Gasteiger partial charge in [0.15, 0.2) is 0 Å². The Bertz CT molecular complexity index is 856. The summed E-state index contributed by atoms with van der Waals surface area (Å²) in [4.78, 5) is 12.1. The fourth-order valence-corrected chi connectivity index (χ4v) is 3.97. The monoisotopic (exact) mass is 352 g/mol. The molecule has 0 radical (unpaired) electrons. The predicted octanol–water partition coefficient (Wildman–Crippen LogP) is 2.03. The molecule has 1 aromatic heterocycles. The van der Waals surface area contributed by atoms with Crippen molar-refractivity contribution in [2.24, 2.45) is 5.92 Å². The van der Waals surface area contributed by atoms with Crippen LogP contribution in [0.3, 0.4) is 0 Å². The highest BCUT2D eigenvalue weighted by molar-refractivity contribution is 7.90. The summed E-state index contributed by atoms with van der Waals surface area (Å²) < 4.78 is 40.7. The van der Waals surface area contributed by atoms with Crippen molar-refractivity contribution in [3.8, 4) is 11.3 Å². The number of carbonyl (C=O) groups excluding carboxylic acids is 1. The smallest absolute Gasteiger partial charge is 0.290 e. The minimum Gasteiger partial charge on any atom is -0.350 e. The van der Waals surface area contributed by atoms with Crippen LogP contribution in [0.5, 0.6) is 0 Å². The summed E-state index contributed by atoms with van der Waals surface area (Å²) >= 11 is 0. The SMILES string of the molecule is CS(=O)(=O)CC1CC(NC(=O)c2cc(-c3cccc(F)c3)no2)C1. The zero-order valence-corrected chi connectivity index (χ0v) is 13.8. The van der Waals surface area contributed by atoms with E-state index in [2.05, 4.69) is 10.5 Å². The van der Waals surface area contributed by atoms with Gasteiger partial charge >= 0.3 is 0 Å². The van der Waals surface area contributed by atoms with Crippen molar-refractivity contribution in [2.75, 3.05) is 12.0 Å². The third-order valence-electron chi connectivity index (χ3n) is 3.96. The number of halogens is 1. The fourth-order valence-electron chi connectivity index (χ4n) is 2.84. The van der Waals surface area contributed by atoms with E-state index in [-0.39, 0.29) is 23.5 Å². The van der Waals surface area contributed by atoms with Crippen LogP contribution in [0.15, 0.2) is 34.9 Å². The van der Waals surface area contributed by atoms with Crippen LogP contribution < -0.4 is 5.32 Å². The molecule has 1 aliphatic rings. The Morgan fingerprint density at radius 3 is 2.79 bits per heavy atom. The first-order chi connectivity index (χ1) is 11.3. The van der Waals surface area contributed by atoms with Crippen LogP contribution in [0.25, 0.3) is 11.3 Å². The summed E-state index contributed by atoms with van der Waals surface area (Å²) in [7, 11) is -2.99. The number of carbonyl (C=O) groups is 1. The number of hydrogen-bond acceptors (Lipinski definition) is 5. The first-order valence-corrected chi connectivity index (χ1v) is 9.57. The molecule has 1 saturated carbocycles. The molecule has 128 valence electrons. The van der Waals surface area contributed by atoms with Gasteiger partial charge in [-0.15, -0.1) is 0 Å². The van der Waals surface area contributed by atoms with Gasteiger partial charge in [-0.2, -0.15) is 0 Å². The average molecular weight is 352 g/mol. The lowest BCUT2D eigenvalue weighted by Crippen LogP contribution is -2.46. The summed E-state index contributed by atoms with van der Waals surface area (Å²) in [5.41, 5.74) is 0.901. The molecule has 0 saturated heterocycles. The summed E-state index contributed by atoms with van der Waals surface area (Å²) in [5.74, 6) is -0.532. The van der Waals surface area contributed by atoms with Gasteiger partial charge in [-0.1, -0.05) is 17.3 Å². The van der Waals surface area contributed by atoms with Crippen LogP contribution in [0.1, 0.15) is 23.4 Å². The lowest BCUT2D eigenvalue weighted by molar-refractivity contribution is 0.0859. The van der Waals surface area contributed by atoms with E-state index in [1.54, 1.807) is 12.1 Å². The molecule has 1 fully saturated rings. The molecule has 0 aliphatic heterocycles. The average Bonchev–Trinajstić information content (AvgIpc) is 2.93. The highest BCUT2D eigenvalue weighted by Crippen LogP contribution is 2.29. The fraction of sp³-hybridized carbons (Fsp3) is 0.375. The molecular formula is C16H17FN2O4S. The standard InChI is InChI=1S/C16H17FN2O4S/c1-24(21,22)9-10-5-13(6-10)18-16(20)15-8-14(19-23-15)11-3-2-4-12(17)7-11/h2-4,7-8,10,13H,5-6,9H2,1H3,(H,18,20). The molecule has 0 spiro atoms. The molecule has 2 aromatic rings. The van der Waals surface area contributed by atoms with Gasteiger partial charge in [0.25, 0.3) is 5.91 Å². The Morgan fingerprint density at radius 2 is 2.12 bits per heavy atom. The number of nitrogens with one attached hydrogen (secondary N) is 1. The van der Waals surface area contributed by atoms with Gasteiger partial charge in [0, 0.05) is 23.9 Å². The molecule has 0 unspecified atom stereocenters. The van der Waals surface area contributed by atoms with Gasteiger partial charge in [0.05, 0.1) is 5.75 Å². The summed E-state index contributed by atoms with van der Waals surface area (Å²) in [5, 5.41) is 6.56. The molecule has 1 aliphatic carbocycles. The second kappa shape index (κ2) is 6.35. The third-order valence-corrected chi connectivity index (χ3v) is 5.04. The number of sulfone groups is 1. The van der Waals surface area contributed by atoms with E-state index >= 15 is 0 Å². The Labute approximate surface area is 139 Å². The number of hydrogen-bond donors (Lipinski definition) is 1. The third kappa shape index (κ3) is 4.00. The van der Waals surface area contributed by atoms with E-state index in [1.165, 1.54) is 24.5 Å². The van der Waals surface area contributed by atoms with E-state index in [0.29, 0.717) is 24.1 Å². The van der Waals surface area contributed by atoms with Crippen molar-refractivity contribution >= 4 is 15.7 Å². The molecule has 0 bridgehead atoms. The first kappa shape index (κ1) is 16.6. The largest absolute Gasteiger partial charge is 0.350 e. The van der Waals surface area contributed by atoms with E-state index in [1.807, 2.05) is 0 Å². The number of rotatable bonds is 5. The second-order valence-corrected chi connectivity index (χ2v) is 8.37. The second-order valence-electron chi connectivity index (χ2n) is 6.19. The summed E-state index contributed by atoms with van der Waals surface area (Å²) in [6.07, 6.45) is 2.47. The van der Waals surface area contributed by atoms with E-state index in [9.17, 15) is 17.6 Å². The maximum atomic E-state index is 13.2. The Balaban J connectivity index is 1.57. The minimum atomic E-state index is -2.99. The number of nitrogens with zero attached hydrogens (tertiary/aromatic N) is 1. The van der Waals surface area contributed by atoms with E-state index < -0.39 is 21.6 Å². The van der Waals surface area contributed by atoms with E-state index in [4.69, 9.17) is 4.52 Å². The van der Waals surface area contributed by atoms with Gasteiger partial charge < -0.3 is 9.84 Å². The van der Waals surface area contributed by atoms with E-state index in [0.717, 1.165) is 0 Å². The molecule has 1 amide bonds.